The molecule has 0 atom stereocenters. The summed E-state index contributed by atoms with van der Waals surface area (Å²) in [6.45, 7) is 3.99. The maximum Gasteiger partial charge on any atom is 0.251 e. The van der Waals surface area contributed by atoms with Crippen LogP contribution in [0.5, 0.6) is 0 Å². The molecule has 1 aromatic rings. The summed E-state index contributed by atoms with van der Waals surface area (Å²) in [5.74, 6) is -2.78. The van der Waals surface area contributed by atoms with E-state index in [0.29, 0.717) is 13.1 Å². The average Bonchev–Trinajstić information content (AvgIpc) is 2.40. The van der Waals surface area contributed by atoms with Crippen molar-refractivity contribution in [3.63, 3.8) is 0 Å². The monoisotopic (exact) mass is 285 g/mol. The first-order valence-corrected chi connectivity index (χ1v) is 6.27. The summed E-state index contributed by atoms with van der Waals surface area (Å²) in [4.78, 5) is 22.9. The van der Waals surface area contributed by atoms with Gasteiger partial charge in [-0.2, -0.15) is 0 Å². The fourth-order valence-electron chi connectivity index (χ4n) is 1.57. The van der Waals surface area contributed by atoms with Crippen molar-refractivity contribution in [1.29, 1.82) is 0 Å². The van der Waals surface area contributed by atoms with Gasteiger partial charge < -0.3 is 16.0 Å². The zero-order valence-corrected chi connectivity index (χ0v) is 11.3. The molecule has 0 radical (unpaired) electrons. The highest BCUT2D eigenvalue weighted by Crippen LogP contribution is 2.20. The number of benzene rings is 1. The van der Waals surface area contributed by atoms with Crippen molar-refractivity contribution in [3.8, 4) is 0 Å². The van der Waals surface area contributed by atoms with Gasteiger partial charge in [0.15, 0.2) is 0 Å². The lowest BCUT2D eigenvalue weighted by Gasteiger charge is -2.09. The van der Waals surface area contributed by atoms with E-state index in [1.165, 1.54) is 0 Å². The fraction of sp³-hybridized carbons (Fsp3) is 0.385. The van der Waals surface area contributed by atoms with Crippen molar-refractivity contribution in [2.45, 2.75) is 13.8 Å². The molecule has 0 aliphatic heterocycles. The second kappa shape index (κ2) is 7.42. The third kappa shape index (κ3) is 4.18. The fourth-order valence-corrected chi connectivity index (χ4v) is 1.57. The zero-order chi connectivity index (χ0) is 15.1. The smallest absolute Gasteiger partial charge is 0.251 e. The number of carbonyl (C=O) groups excluding carboxylic acids is 2. The van der Waals surface area contributed by atoms with Gasteiger partial charge in [-0.3, -0.25) is 9.59 Å². The second-order valence-electron chi connectivity index (χ2n) is 3.98. The molecule has 0 aliphatic carbocycles. The molecular formula is C13H17F2N3O2. The third-order valence-electron chi connectivity index (χ3n) is 2.44. The summed E-state index contributed by atoms with van der Waals surface area (Å²) in [5.41, 5.74) is -0.446. The molecule has 7 heteroatoms. The third-order valence-corrected chi connectivity index (χ3v) is 2.44. The topological polar surface area (TPSA) is 70.2 Å². The van der Waals surface area contributed by atoms with Gasteiger partial charge >= 0.3 is 0 Å². The molecule has 0 unspecified atom stereocenters. The minimum absolute atomic E-state index is 0.175. The summed E-state index contributed by atoms with van der Waals surface area (Å²) in [5, 5.41) is 7.31. The predicted molar refractivity (Wildman–Crippen MR) is 71.5 cm³/mol. The van der Waals surface area contributed by atoms with E-state index >= 15 is 0 Å². The van der Waals surface area contributed by atoms with Crippen LogP contribution in [0.25, 0.3) is 0 Å². The van der Waals surface area contributed by atoms with E-state index in [1.54, 1.807) is 13.8 Å². The Balaban J connectivity index is 2.76. The number of likely N-dealkylation sites (N-methyl/N-ethyl adjacent to an activating group) is 1. The largest absolute Gasteiger partial charge is 0.381 e. The van der Waals surface area contributed by atoms with E-state index in [1.807, 2.05) is 0 Å². The Morgan fingerprint density at radius 1 is 1.05 bits per heavy atom. The van der Waals surface area contributed by atoms with E-state index in [9.17, 15) is 18.4 Å². The molecule has 1 aromatic carbocycles. The van der Waals surface area contributed by atoms with Gasteiger partial charge in [0.25, 0.3) is 5.91 Å². The van der Waals surface area contributed by atoms with Crippen LogP contribution in [0.4, 0.5) is 14.5 Å². The predicted octanol–water partition coefficient (Wildman–Crippen LogP) is 1.26. The minimum atomic E-state index is -0.852. The molecule has 5 nitrogen and oxygen atoms in total. The molecule has 0 bridgehead atoms. The SMILES string of the molecule is CCNC(=O)CNC(=O)c1cc(F)c(NCC)c(F)c1. The van der Waals surface area contributed by atoms with Crippen LogP contribution in [0.3, 0.4) is 0 Å². The van der Waals surface area contributed by atoms with Crippen molar-refractivity contribution in [2.24, 2.45) is 0 Å². The van der Waals surface area contributed by atoms with Crippen molar-refractivity contribution >= 4 is 17.5 Å². The maximum absolute atomic E-state index is 13.6. The van der Waals surface area contributed by atoms with E-state index in [-0.39, 0.29) is 23.7 Å². The molecule has 2 amide bonds. The highest BCUT2D eigenvalue weighted by atomic mass is 19.1. The Morgan fingerprint density at radius 2 is 1.65 bits per heavy atom. The molecule has 0 saturated heterocycles. The number of hydrogen-bond donors (Lipinski definition) is 3. The Kier molecular flexibility index (Phi) is 5.89. The van der Waals surface area contributed by atoms with Gasteiger partial charge in [-0.1, -0.05) is 0 Å². The van der Waals surface area contributed by atoms with Gasteiger partial charge in [-0.05, 0) is 26.0 Å². The number of halogens is 2. The van der Waals surface area contributed by atoms with Gasteiger partial charge in [0.2, 0.25) is 5.91 Å². The van der Waals surface area contributed by atoms with Gasteiger partial charge in [0.1, 0.15) is 17.3 Å². The highest BCUT2D eigenvalue weighted by Gasteiger charge is 2.15. The minimum Gasteiger partial charge on any atom is -0.381 e. The Labute approximate surface area is 115 Å². The van der Waals surface area contributed by atoms with Gasteiger partial charge in [-0.25, -0.2) is 8.78 Å². The van der Waals surface area contributed by atoms with Crippen LogP contribution in [-0.4, -0.2) is 31.4 Å². The number of carbonyl (C=O) groups is 2. The first-order chi connectivity index (χ1) is 9.49. The molecule has 0 aliphatic rings. The van der Waals surface area contributed by atoms with Crippen molar-refractivity contribution < 1.29 is 18.4 Å². The normalized spacial score (nSPS) is 10.0. The molecule has 0 heterocycles. The van der Waals surface area contributed by atoms with Gasteiger partial charge in [-0.15, -0.1) is 0 Å². The van der Waals surface area contributed by atoms with Crippen LogP contribution in [0.15, 0.2) is 12.1 Å². The van der Waals surface area contributed by atoms with Crippen LogP contribution in [0.1, 0.15) is 24.2 Å². The zero-order valence-electron chi connectivity index (χ0n) is 11.3. The van der Waals surface area contributed by atoms with Crippen LogP contribution in [-0.2, 0) is 4.79 Å². The van der Waals surface area contributed by atoms with E-state index in [4.69, 9.17) is 0 Å². The number of anilines is 1. The molecular weight excluding hydrogens is 268 g/mol. The molecule has 0 saturated carbocycles. The van der Waals surface area contributed by atoms with E-state index < -0.39 is 17.5 Å². The molecule has 1 rings (SSSR count). The summed E-state index contributed by atoms with van der Waals surface area (Å²) in [6.07, 6.45) is 0. The lowest BCUT2D eigenvalue weighted by Crippen LogP contribution is -2.36. The van der Waals surface area contributed by atoms with Crippen molar-refractivity contribution in [1.82, 2.24) is 10.6 Å². The maximum atomic E-state index is 13.6. The number of nitrogens with one attached hydrogen (secondary N) is 3. The van der Waals surface area contributed by atoms with Crippen LogP contribution in [0.2, 0.25) is 0 Å². The number of hydrogen-bond acceptors (Lipinski definition) is 3. The van der Waals surface area contributed by atoms with Gasteiger partial charge in [0, 0.05) is 18.7 Å². The van der Waals surface area contributed by atoms with E-state index in [2.05, 4.69) is 16.0 Å². The Morgan fingerprint density at radius 3 is 2.15 bits per heavy atom. The highest BCUT2D eigenvalue weighted by molar-refractivity contribution is 5.96. The summed E-state index contributed by atoms with van der Waals surface area (Å²) < 4.78 is 27.2. The number of amides is 2. The molecule has 0 fully saturated rings. The van der Waals surface area contributed by atoms with Gasteiger partial charge in [0.05, 0.1) is 6.54 Å². The van der Waals surface area contributed by atoms with Crippen LogP contribution in [0, 0.1) is 11.6 Å². The quantitative estimate of drug-likeness (QED) is 0.737. The van der Waals surface area contributed by atoms with Crippen molar-refractivity contribution in [2.75, 3.05) is 25.0 Å². The first kappa shape index (κ1) is 15.9. The first-order valence-electron chi connectivity index (χ1n) is 6.27. The average molecular weight is 285 g/mol. The van der Waals surface area contributed by atoms with Crippen LogP contribution < -0.4 is 16.0 Å². The molecule has 20 heavy (non-hydrogen) atoms. The summed E-state index contributed by atoms with van der Waals surface area (Å²) in [7, 11) is 0. The van der Waals surface area contributed by atoms with E-state index in [0.717, 1.165) is 12.1 Å². The van der Waals surface area contributed by atoms with Crippen molar-refractivity contribution in [3.05, 3.63) is 29.3 Å². The number of rotatable bonds is 6. The molecule has 110 valence electrons. The lowest BCUT2D eigenvalue weighted by molar-refractivity contribution is -0.120. The molecule has 0 aromatic heterocycles. The summed E-state index contributed by atoms with van der Waals surface area (Å²) in [6, 6.07) is 1.85. The second-order valence-corrected chi connectivity index (χ2v) is 3.98. The standard InChI is InChI=1S/C13H17F2N3O2/c1-3-16-11(19)7-18-13(20)8-5-9(14)12(17-4-2)10(15)6-8/h5-6,17H,3-4,7H2,1-2H3,(H,16,19)(H,18,20). The lowest BCUT2D eigenvalue weighted by atomic mass is 10.1. The Bertz CT molecular complexity index is 483. The van der Waals surface area contributed by atoms with Crippen LogP contribution >= 0.6 is 0 Å². The summed E-state index contributed by atoms with van der Waals surface area (Å²) >= 11 is 0. The Hall–Kier alpha value is -2.18. The molecule has 0 spiro atoms. The molecule has 3 N–H and O–H groups in total.